The van der Waals surface area contributed by atoms with Gasteiger partial charge in [-0.15, -0.1) is 0 Å². The fourth-order valence-electron chi connectivity index (χ4n) is 1.13. The Balaban J connectivity index is 3.87. The van der Waals surface area contributed by atoms with Crippen molar-refractivity contribution in [1.82, 2.24) is 0 Å². The summed E-state index contributed by atoms with van der Waals surface area (Å²) < 4.78 is 13.1. The second kappa shape index (κ2) is 9.63. The summed E-state index contributed by atoms with van der Waals surface area (Å²) in [7, 11) is 0. The van der Waals surface area contributed by atoms with E-state index < -0.39 is 11.6 Å². The molecule has 0 aliphatic carbocycles. The van der Waals surface area contributed by atoms with Crippen molar-refractivity contribution in [1.29, 1.82) is 0 Å². The number of carbonyl (C=O) groups excluding carboxylic acids is 1. The Morgan fingerprint density at radius 3 is 2.33 bits per heavy atom. The predicted octanol–water partition coefficient (Wildman–Crippen LogP) is 4.35. The molecule has 0 unspecified atom stereocenters. The van der Waals surface area contributed by atoms with E-state index in [0.29, 0.717) is 6.42 Å². The quantitative estimate of drug-likeness (QED) is 0.432. The first-order chi connectivity index (χ1) is 7.22. The van der Waals surface area contributed by atoms with Crippen LogP contribution in [0.4, 0.5) is 4.39 Å². The van der Waals surface area contributed by atoms with E-state index >= 15 is 0 Å². The third-order valence-electron chi connectivity index (χ3n) is 2.11. The van der Waals surface area contributed by atoms with E-state index in [4.69, 9.17) is 0 Å². The van der Waals surface area contributed by atoms with Crippen LogP contribution in [-0.4, -0.2) is 5.78 Å². The number of ketones is 1. The van der Waals surface area contributed by atoms with Crippen molar-refractivity contribution in [3.05, 3.63) is 24.1 Å². The molecule has 0 radical (unpaired) electrons. The Kier molecular flexibility index (Phi) is 9.04. The van der Waals surface area contributed by atoms with Gasteiger partial charge >= 0.3 is 0 Å². The van der Waals surface area contributed by atoms with E-state index in [9.17, 15) is 9.18 Å². The highest BCUT2D eigenvalue weighted by Crippen LogP contribution is 2.05. The highest BCUT2D eigenvalue weighted by molar-refractivity contribution is 6.02. The topological polar surface area (TPSA) is 17.1 Å². The Bertz CT molecular complexity index is 229. The molecular formula is C13H21FO. The Morgan fingerprint density at radius 1 is 1.13 bits per heavy atom. The predicted molar refractivity (Wildman–Crippen MR) is 62.4 cm³/mol. The molecule has 0 bridgehead atoms. The number of halogens is 1. The molecule has 0 fully saturated rings. The van der Waals surface area contributed by atoms with Crippen molar-refractivity contribution in [2.75, 3.05) is 0 Å². The third kappa shape index (κ3) is 8.10. The van der Waals surface area contributed by atoms with Crippen LogP contribution in [0.1, 0.15) is 52.4 Å². The van der Waals surface area contributed by atoms with Crippen molar-refractivity contribution in [2.24, 2.45) is 0 Å². The molecule has 0 aliphatic heterocycles. The number of hydrogen-bond donors (Lipinski definition) is 0. The zero-order valence-electron chi connectivity index (χ0n) is 9.76. The van der Waals surface area contributed by atoms with Gasteiger partial charge in [-0.1, -0.05) is 39.2 Å². The molecule has 86 valence electrons. The monoisotopic (exact) mass is 212 g/mol. The van der Waals surface area contributed by atoms with Crippen LogP contribution in [0.15, 0.2) is 24.1 Å². The average molecular weight is 212 g/mol. The standard InChI is InChI=1S/C13H21FO/c1-3-5-7-9-11-13(15)12(14)10-8-6-4-2/h9-11H,3-8H2,1-2H3/b11-9+,12-10+. The number of unbranched alkanes of at least 4 members (excludes halogenated alkanes) is 4. The summed E-state index contributed by atoms with van der Waals surface area (Å²) in [4.78, 5) is 11.2. The molecule has 0 aliphatic rings. The number of rotatable bonds is 8. The highest BCUT2D eigenvalue weighted by atomic mass is 19.1. The molecule has 0 saturated heterocycles. The first kappa shape index (κ1) is 14.1. The van der Waals surface area contributed by atoms with Crippen molar-refractivity contribution < 1.29 is 9.18 Å². The van der Waals surface area contributed by atoms with Gasteiger partial charge in [-0.25, -0.2) is 4.39 Å². The molecule has 0 atom stereocenters. The van der Waals surface area contributed by atoms with Gasteiger partial charge in [0, 0.05) is 0 Å². The summed E-state index contributed by atoms with van der Waals surface area (Å²) in [6, 6.07) is 0. The Labute approximate surface area is 92.1 Å². The van der Waals surface area contributed by atoms with Gasteiger partial charge in [-0.3, -0.25) is 4.79 Å². The minimum absolute atomic E-state index is 0.498. The van der Waals surface area contributed by atoms with Crippen LogP contribution in [-0.2, 0) is 4.79 Å². The molecule has 0 aromatic heterocycles. The summed E-state index contributed by atoms with van der Waals surface area (Å²) in [5.74, 6) is -1.11. The largest absolute Gasteiger partial charge is 0.287 e. The second-order valence-electron chi connectivity index (χ2n) is 3.60. The lowest BCUT2D eigenvalue weighted by atomic mass is 10.2. The van der Waals surface area contributed by atoms with Gasteiger partial charge in [-0.2, -0.15) is 0 Å². The van der Waals surface area contributed by atoms with Crippen LogP contribution < -0.4 is 0 Å². The molecule has 2 heteroatoms. The molecule has 15 heavy (non-hydrogen) atoms. The van der Waals surface area contributed by atoms with Crippen molar-refractivity contribution in [3.8, 4) is 0 Å². The molecule has 1 nitrogen and oxygen atoms in total. The van der Waals surface area contributed by atoms with Gasteiger partial charge in [0.25, 0.3) is 0 Å². The minimum Gasteiger partial charge on any atom is -0.287 e. The summed E-state index contributed by atoms with van der Waals surface area (Å²) in [6.07, 6.45) is 10.1. The fourth-order valence-corrected chi connectivity index (χ4v) is 1.13. The highest BCUT2D eigenvalue weighted by Gasteiger charge is 2.02. The van der Waals surface area contributed by atoms with Crippen molar-refractivity contribution in [2.45, 2.75) is 52.4 Å². The molecule has 0 saturated carbocycles. The number of carbonyl (C=O) groups is 1. The zero-order chi connectivity index (χ0) is 11.5. The summed E-state index contributed by atoms with van der Waals surface area (Å²) in [6.45, 7) is 4.12. The summed E-state index contributed by atoms with van der Waals surface area (Å²) in [5, 5.41) is 0. The van der Waals surface area contributed by atoms with E-state index in [-0.39, 0.29) is 0 Å². The maximum absolute atomic E-state index is 13.1. The smallest absolute Gasteiger partial charge is 0.213 e. The van der Waals surface area contributed by atoms with Crippen molar-refractivity contribution in [3.63, 3.8) is 0 Å². The SMILES string of the molecule is CCCC/C=C/C(=O)/C(F)=C\CCCC. The third-order valence-corrected chi connectivity index (χ3v) is 2.11. The van der Waals surface area contributed by atoms with Crippen LogP contribution in [0.2, 0.25) is 0 Å². The van der Waals surface area contributed by atoms with Crippen LogP contribution in [0.5, 0.6) is 0 Å². The minimum atomic E-state index is -0.615. The van der Waals surface area contributed by atoms with E-state index in [1.807, 2.05) is 6.92 Å². The fraction of sp³-hybridized carbons (Fsp3) is 0.615. The maximum Gasteiger partial charge on any atom is 0.213 e. The Hall–Kier alpha value is -0.920. The Morgan fingerprint density at radius 2 is 1.73 bits per heavy atom. The molecule has 0 N–H and O–H groups in total. The summed E-state index contributed by atoms with van der Waals surface area (Å²) >= 11 is 0. The number of hydrogen-bond acceptors (Lipinski definition) is 1. The normalized spacial score (nSPS) is 12.3. The van der Waals surface area contributed by atoms with Crippen LogP contribution in [0, 0.1) is 0 Å². The second-order valence-corrected chi connectivity index (χ2v) is 3.60. The van der Waals surface area contributed by atoms with E-state index in [2.05, 4.69) is 6.92 Å². The summed E-state index contributed by atoms with van der Waals surface area (Å²) in [5.41, 5.74) is 0. The van der Waals surface area contributed by atoms with Gasteiger partial charge < -0.3 is 0 Å². The molecule has 0 heterocycles. The first-order valence-corrected chi connectivity index (χ1v) is 5.78. The van der Waals surface area contributed by atoms with E-state index in [1.165, 1.54) is 12.2 Å². The van der Waals surface area contributed by atoms with E-state index in [1.54, 1.807) is 6.08 Å². The van der Waals surface area contributed by atoms with Gasteiger partial charge in [0.15, 0.2) is 5.83 Å². The average Bonchev–Trinajstić information content (AvgIpc) is 2.24. The van der Waals surface area contributed by atoms with Crippen molar-refractivity contribution >= 4 is 5.78 Å². The van der Waals surface area contributed by atoms with Gasteiger partial charge in [0.05, 0.1) is 0 Å². The lowest BCUT2D eigenvalue weighted by Gasteiger charge is -1.92. The lowest BCUT2D eigenvalue weighted by molar-refractivity contribution is -0.112. The van der Waals surface area contributed by atoms with Crippen LogP contribution >= 0.6 is 0 Å². The molecule has 0 spiro atoms. The molecule has 0 rings (SSSR count). The molecule has 0 aromatic rings. The first-order valence-electron chi connectivity index (χ1n) is 5.78. The molecule has 0 aromatic carbocycles. The molecule has 0 amide bonds. The molecular weight excluding hydrogens is 191 g/mol. The van der Waals surface area contributed by atoms with E-state index in [0.717, 1.165) is 32.1 Å². The number of allylic oxidation sites excluding steroid dienone is 4. The zero-order valence-corrected chi connectivity index (χ0v) is 9.76. The van der Waals surface area contributed by atoms with Gasteiger partial charge in [-0.05, 0) is 31.4 Å². The van der Waals surface area contributed by atoms with Gasteiger partial charge in [0.2, 0.25) is 5.78 Å². The van der Waals surface area contributed by atoms with Crippen LogP contribution in [0.25, 0.3) is 0 Å². The maximum atomic E-state index is 13.1. The van der Waals surface area contributed by atoms with Gasteiger partial charge in [0.1, 0.15) is 0 Å². The van der Waals surface area contributed by atoms with Crippen LogP contribution in [0.3, 0.4) is 0 Å². The lowest BCUT2D eigenvalue weighted by Crippen LogP contribution is -1.92.